The van der Waals surface area contributed by atoms with Crippen molar-refractivity contribution in [3.8, 4) is 16.8 Å². The van der Waals surface area contributed by atoms with Crippen LogP contribution in [-0.4, -0.2) is 4.57 Å². The molecule has 4 aromatic carbocycles. The van der Waals surface area contributed by atoms with E-state index in [2.05, 4.69) is 124 Å². The zero-order valence-corrected chi connectivity index (χ0v) is 16.2. The number of rotatable bonds is 2. The molecule has 0 aliphatic heterocycles. The Kier molecular flexibility index (Phi) is 3.79. The zero-order chi connectivity index (χ0) is 17.5. The first-order chi connectivity index (χ1) is 12.8. The van der Waals surface area contributed by atoms with Crippen LogP contribution in [0.15, 0.2) is 97.1 Å². The van der Waals surface area contributed by atoms with E-state index in [0.717, 1.165) is 0 Å². The van der Waals surface area contributed by atoms with Gasteiger partial charge in [-0.3, -0.25) is 0 Å². The summed E-state index contributed by atoms with van der Waals surface area (Å²) < 4.78 is 3.63. The van der Waals surface area contributed by atoms with Crippen LogP contribution in [0.2, 0.25) is 0 Å². The van der Waals surface area contributed by atoms with Crippen molar-refractivity contribution in [1.82, 2.24) is 4.57 Å². The maximum Gasteiger partial charge on any atom is 0.0541 e. The highest BCUT2D eigenvalue weighted by molar-refractivity contribution is 14.1. The Morgan fingerprint density at radius 2 is 1.27 bits per heavy atom. The molecule has 0 amide bonds. The van der Waals surface area contributed by atoms with Gasteiger partial charge in [-0.15, -0.1) is 0 Å². The highest BCUT2D eigenvalue weighted by atomic mass is 127. The number of fused-ring (bicyclic) bond motifs is 3. The first kappa shape index (κ1) is 15.6. The quantitative estimate of drug-likeness (QED) is 0.257. The largest absolute Gasteiger partial charge is 0.309 e. The molecule has 0 bridgehead atoms. The van der Waals surface area contributed by atoms with Crippen LogP contribution in [0.1, 0.15) is 0 Å². The fourth-order valence-corrected chi connectivity index (χ4v) is 4.17. The molecule has 0 saturated carbocycles. The predicted octanol–water partition coefficient (Wildman–Crippen LogP) is 7.06. The summed E-state index contributed by atoms with van der Waals surface area (Å²) in [4.78, 5) is 0. The van der Waals surface area contributed by atoms with Gasteiger partial charge in [0.05, 0.1) is 11.0 Å². The summed E-state index contributed by atoms with van der Waals surface area (Å²) in [5.74, 6) is 0. The van der Waals surface area contributed by atoms with Crippen molar-refractivity contribution in [3.05, 3.63) is 101 Å². The van der Waals surface area contributed by atoms with Gasteiger partial charge in [0.25, 0.3) is 0 Å². The smallest absolute Gasteiger partial charge is 0.0541 e. The lowest BCUT2D eigenvalue weighted by Crippen LogP contribution is -1.94. The van der Waals surface area contributed by atoms with Crippen LogP contribution in [-0.2, 0) is 0 Å². The topological polar surface area (TPSA) is 4.93 Å². The average Bonchev–Trinajstić information content (AvgIpc) is 3.02. The summed E-state index contributed by atoms with van der Waals surface area (Å²) in [6.07, 6.45) is 0. The molecule has 0 spiro atoms. The number of para-hydroxylation sites is 1. The van der Waals surface area contributed by atoms with E-state index in [1.165, 1.54) is 42.2 Å². The van der Waals surface area contributed by atoms with Crippen molar-refractivity contribution in [2.75, 3.05) is 0 Å². The number of benzene rings is 4. The van der Waals surface area contributed by atoms with Crippen LogP contribution in [0.4, 0.5) is 0 Å². The molecule has 0 aliphatic rings. The van der Waals surface area contributed by atoms with Crippen molar-refractivity contribution >= 4 is 44.4 Å². The van der Waals surface area contributed by atoms with E-state index < -0.39 is 0 Å². The van der Waals surface area contributed by atoms with Crippen molar-refractivity contribution < 1.29 is 0 Å². The van der Waals surface area contributed by atoms with E-state index >= 15 is 0 Å². The Bertz CT molecular complexity index is 1240. The van der Waals surface area contributed by atoms with Gasteiger partial charge in [-0.05, 0) is 70.1 Å². The Morgan fingerprint density at radius 1 is 0.538 bits per heavy atom. The van der Waals surface area contributed by atoms with Gasteiger partial charge in [-0.1, -0.05) is 60.7 Å². The van der Waals surface area contributed by atoms with Crippen molar-refractivity contribution in [2.24, 2.45) is 0 Å². The number of aromatic nitrogens is 1. The number of halogens is 1. The molecule has 1 nitrogen and oxygen atoms in total. The molecule has 0 unspecified atom stereocenters. The molecule has 26 heavy (non-hydrogen) atoms. The van der Waals surface area contributed by atoms with Crippen LogP contribution in [0, 0.1) is 3.57 Å². The minimum absolute atomic E-state index is 1.19. The second kappa shape index (κ2) is 6.29. The molecule has 0 fully saturated rings. The van der Waals surface area contributed by atoms with Gasteiger partial charge in [0, 0.05) is 20.0 Å². The minimum atomic E-state index is 1.19. The number of hydrogen-bond acceptors (Lipinski definition) is 0. The third kappa shape index (κ3) is 2.53. The van der Waals surface area contributed by atoms with E-state index in [9.17, 15) is 0 Å². The third-order valence-corrected chi connectivity index (χ3v) is 5.52. The first-order valence-corrected chi connectivity index (χ1v) is 9.74. The van der Waals surface area contributed by atoms with E-state index in [1.807, 2.05) is 0 Å². The summed E-state index contributed by atoms with van der Waals surface area (Å²) in [6.45, 7) is 0. The first-order valence-electron chi connectivity index (χ1n) is 8.66. The summed E-state index contributed by atoms with van der Waals surface area (Å²) >= 11 is 2.39. The van der Waals surface area contributed by atoms with Crippen LogP contribution in [0.5, 0.6) is 0 Å². The van der Waals surface area contributed by atoms with Gasteiger partial charge >= 0.3 is 0 Å². The fraction of sp³-hybridized carbons (Fsp3) is 0. The van der Waals surface area contributed by atoms with E-state index in [1.54, 1.807) is 0 Å². The van der Waals surface area contributed by atoms with Gasteiger partial charge in [0.2, 0.25) is 0 Å². The minimum Gasteiger partial charge on any atom is -0.309 e. The zero-order valence-electron chi connectivity index (χ0n) is 14.1. The molecule has 0 aliphatic carbocycles. The maximum atomic E-state index is 2.39. The van der Waals surface area contributed by atoms with Crippen LogP contribution in [0.3, 0.4) is 0 Å². The Balaban J connectivity index is 1.82. The standard InChI is InChI=1S/C24H16IN/c25-19-13-14-24-22(16-19)21-11-4-5-12-23(21)26(24)20-10-6-9-18(15-20)17-7-2-1-3-8-17/h1-16H. The summed E-state index contributed by atoms with van der Waals surface area (Å²) in [5, 5.41) is 2.60. The predicted molar refractivity (Wildman–Crippen MR) is 119 cm³/mol. The monoisotopic (exact) mass is 445 g/mol. The van der Waals surface area contributed by atoms with Crippen LogP contribution < -0.4 is 0 Å². The second-order valence-corrected chi connectivity index (χ2v) is 7.68. The van der Waals surface area contributed by atoms with E-state index in [4.69, 9.17) is 0 Å². The van der Waals surface area contributed by atoms with Gasteiger partial charge in [-0.25, -0.2) is 0 Å². The summed E-state index contributed by atoms with van der Waals surface area (Å²) in [5.41, 5.74) is 6.16. The molecule has 1 aromatic heterocycles. The van der Waals surface area contributed by atoms with Crippen molar-refractivity contribution in [2.45, 2.75) is 0 Å². The Labute approximate surface area is 166 Å². The molecule has 0 N–H and O–H groups in total. The SMILES string of the molecule is Ic1ccc2c(c1)c1ccccc1n2-c1cccc(-c2ccccc2)c1. The van der Waals surface area contributed by atoms with E-state index in [0.29, 0.717) is 0 Å². The lowest BCUT2D eigenvalue weighted by molar-refractivity contribution is 1.18. The van der Waals surface area contributed by atoms with Crippen molar-refractivity contribution in [1.29, 1.82) is 0 Å². The van der Waals surface area contributed by atoms with Gasteiger partial charge < -0.3 is 4.57 Å². The maximum absolute atomic E-state index is 2.39. The highest BCUT2D eigenvalue weighted by Crippen LogP contribution is 2.33. The van der Waals surface area contributed by atoms with Gasteiger partial charge in [-0.2, -0.15) is 0 Å². The fourth-order valence-electron chi connectivity index (χ4n) is 3.68. The Hall–Kier alpha value is -2.59. The Morgan fingerprint density at radius 3 is 2.15 bits per heavy atom. The molecule has 124 valence electrons. The summed E-state index contributed by atoms with van der Waals surface area (Å²) in [6, 6.07) is 34.7. The lowest BCUT2D eigenvalue weighted by atomic mass is 10.1. The lowest BCUT2D eigenvalue weighted by Gasteiger charge is -2.10. The third-order valence-electron chi connectivity index (χ3n) is 4.85. The van der Waals surface area contributed by atoms with Crippen LogP contribution in [0.25, 0.3) is 38.6 Å². The number of hydrogen-bond donors (Lipinski definition) is 0. The molecular formula is C24H16IN. The normalized spacial score (nSPS) is 11.3. The number of nitrogens with zero attached hydrogens (tertiary/aromatic N) is 1. The molecule has 0 radical (unpaired) electrons. The highest BCUT2D eigenvalue weighted by Gasteiger charge is 2.12. The average molecular weight is 445 g/mol. The molecule has 2 heteroatoms. The van der Waals surface area contributed by atoms with Gasteiger partial charge in [0.15, 0.2) is 0 Å². The summed E-state index contributed by atoms with van der Waals surface area (Å²) in [7, 11) is 0. The molecule has 5 aromatic rings. The molecular weight excluding hydrogens is 429 g/mol. The van der Waals surface area contributed by atoms with E-state index in [-0.39, 0.29) is 0 Å². The van der Waals surface area contributed by atoms with Crippen molar-refractivity contribution in [3.63, 3.8) is 0 Å². The molecule has 0 saturated heterocycles. The molecule has 0 atom stereocenters. The molecule has 1 heterocycles. The molecule has 5 rings (SSSR count). The van der Waals surface area contributed by atoms with Crippen LogP contribution >= 0.6 is 22.6 Å². The second-order valence-electron chi connectivity index (χ2n) is 6.43. The van der Waals surface area contributed by atoms with Gasteiger partial charge in [0.1, 0.15) is 0 Å².